The van der Waals surface area contributed by atoms with Gasteiger partial charge in [-0.15, -0.1) is 11.3 Å². The zero-order valence-corrected chi connectivity index (χ0v) is 17.1. The molecule has 4 aromatic rings. The second kappa shape index (κ2) is 7.24. The van der Waals surface area contributed by atoms with Gasteiger partial charge in [0, 0.05) is 12.2 Å². The molecule has 1 atom stereocenters. The molecule has 1 saturated heterocycles. The molecule has 2 aromatic carbocycles. The number of hydrogen-bond donors (Lipinski definition) is 0. The number of hydrogen-bond acceptors (Lipinski definition) is 6. The Morgan fingerprint density at radius 2 is 2.11 bits per heavy atom. The standard InChI is InChI=1S/C21H19N3O2S2/c1-13-4-6-17-19(9-13)28-21(23-17)24(11-15-3-2-8-26-15)20(25)14-5-7-16-18(10-14)27-12-22-16/h4-7,9-10,12,15H,2-3,8,11H2,1H3. The highest BCUT2D eigenvalue weighted by Crippen LogP contribution is 2.32. The lowest BCUT2D eigenvalue weighted by molar-refractivity contribution is 0.0917. The Morgan fingerprint density at radius 1 is 1.21 bits per heavy atom. The lowest BCUT2D eigenvalue weighted by Crippen LogP contribution is -2.37. The number of thiazole rings is 2. The molecule has 0 aliphatic carbocycles. The molecule has 2 aromatic heterocycles. The number of rotatable bonds is 4. The van der Waals surface area contributed by atoms with Gasteiger partial charge in [0.15, 0.2) is 5.13 Å². The van der Waals surface area contributed by atoms with E-state index in [0.717, 1.165) is 45.0 Å². The van der Waals surface area contributed by atoms with E-state index in [1.807, 2.05) is 24.3 Å². The number of fused-ring (bicyclic) bond motifs is 2. The summed E-state index contributed by atoms with van der Waals surface area (Å²) in [5.41, 5.74) is 5.50. The molecule has 1 aliphatic heterocycles. The van der Waals surface area contributed by atoms with Crippen molar-refractivity contribution in [3.63, 3.8) is 0 Å². The Morgan fingerprint density at radius 3 is 2.96 bits per heavy atom. The van der Waals surface area contributed by atoms with E-state index in [2.05, 4.69) is 24.0 Å². The molecular weight excluding hydrogens is 390 g/mol. The van der Waals surface area contributed by atoms with Gasteiger partial charge in [0.25, 0.3) is 5.91 Å². The fraction of sp³-hybridized carbons (Fsp3) is 0.286. The minimum atomic E-state index is -0.0402. The molecule has 28 heavy (non-hydrogen) atoms. The van der Waals surface area contributed by atoms with E-state index in [0.29, 0.717) is 12.1 Å². The van der Waals surface area contributed by atoms with Crippen LogP contribution in [0, 0.1) is 6.92 Å². The molecule has 0 bridgehead atoms. The van der Waals surface area contributed by atoms with Gasteiger partial charge in [0.1, 0.15) is 0 Å². The first kappa shape index (κ1) is 17.7. The maximum Gasteiger partial charge on any atom is 0.260 e. The van der Waals surface area contributed by atoms with Gasteiger partial charge in [0.2, 0.25) is 0 Å². The third-order valence-corrected chi connectivity index (χ3v) is 6.83. The molecule has 5 nitrogen and oxygen atoms in total. The first-order chi connectivity index (χ1) is 13.7. The first-order valence-electron chi connectivity index (χ1n) is 9.31. The summed E-state index contributed by atoms with van der Waals surface area (Å²) in [6.07, 6.45) is 2.07. The summed E-state index contributed by atoms with van der Waals surface area (Å²) in [7, 11) is 0. The summed E-state index contributed by atoms with van der Waals surface area (Å²) in [6, 6.07) is 11.9. The molecule has 7 heteroatoms. The number of aromatic nitrogens is 2. The Kier molecular flexibility index (Phi) is 4.58. The van der Waals surface area contributed by atoms with Crippen molar-refractivity contribution in [2.24, 2.45) is 0 Å². The van der Waals surface area contributed by atoms with Crippen LogP contribution in [0.25, 0.3) is 20.4 Å². The number of ether oxygens (including phenoxy) is 1. The molecule has 0 saturated carbocycles. The monoisotopic (exact) mass is 409 g/mol. The minimum Gasteiger partial charge on any atom is -0.376 e. The minimum absolute atomic E-state index is 0.0402. The van der Waals surface area contributed by atoms with Crippen molar-refractivity contribution in [1.82, 2.24) is 9.97 Å². The maximum absolute atomic E-state index is 13.5. The fourth-order valence-electron chi connectivity index (χ4n) is 3.52. The van der Waals surface area contributed by atoms with Crippen LogP contribution in [0.1, 0.15) is 28.8 Å². The summed E-state index contributed by atoms with van der Waals surface area (Å²) in [4.78, 5) is 24.3. The van der Waals surface area contributed by atoms with Crippen molar-refractivity contribution >= 4 is 54.1 Å². The van der Waals surface area contributed by atoms with Crippen molar-refractivity contribution in [2.75, 3.05) is 18.1 Å². The van der Waals surface area contributed by atoms with E-state index < -0.39 is 0 Å². The second-order valence-electron chi connectivity index (χ2n) is 7.05. The van der Waals surface area contributed by atoms with Crippen molar-refractivity contribution in [1.29, 1.82) is 0 Å². The number of carbonyl (C=O) groups is 1. The van der Waals surface area contributed by atoms with Gasteiger partial charge in [-0.3, -0.25) is 9.69 Å². The summed E-state index contributed by atoms with van der Waals surface area (Å²) >= 11 is 3.11. The Hall–Kier alpha value is -2.35. The van der Waals surface area contributed by atoms with Crippen LogP contribution in [0.3, 0.4) is 0 Å². The van der Waals surface area contributed by atoms with Gasteiger partial charge < -0.3 is 4.74 Å². The molecule has 0 spiro atoms. The largest absolute Gasteiger partial charge is 0.376 e. The highest BCUT2D eigenvalue weighted by molar-refractivity contribution is 7.22. The van der Waals surface area contributed by atoms with E-state index in [9.17, 15) is 4.79 Å². The van der Waals surface area contributed by atoms with Gasteiger partial charge in [-0.05, 0) is 55.7 Å². The predicted octanol–water partition coefficient (Wildman–Crippen LogP) is 5.04. The number of amides is 1. The average Bonchev–Trinajstić information content (AvgIpc) is 3.44. The van der Waals surface area contributed by atoms with Gasteiger partial charge in [-0.1, -0.05) is 17.4 Å². The van der Waals surface area contributed by atoms with Crippen LogP contribution in [-0.4, -0.2) is 35.1 Å². The van der Waals surface area contributed by atoms with Crippen LogP contribution in [0.5, 0.6) is 0 Å². The summed E-state index contributed by atoms with van der Waals surface area (Å²) in [5.74, 6) is -0.0402. The van der Waals surface area contributed by atoms with Crippen molar-refractivity contribution < 1.29 is 9.53 Å². The predicted molar refractivity (Wildman–Crippen MR) is 115 cm³/mol. The number of anilines is 1. The number of aryl methyl sites for hydroxylation is 1. The Labute approximate surface area is 170 Å². The molecule has 3 heterocycles. The van der Waals surface area contributed by atoms with E-state index in [1.54, 1.807) is 33.1 Å². The van der Waals surface area contributed by atoms with Crippen LogP contribution >= 0.6 is 22.7 Å². The van der Waals surface area contributed by atoms with Crippen LogP contribution in [0.2, 0.25) is 0 Å². The molecule has 0 radical (unpaired) electrons. The quantitative estimate of drug-likeness (QED) is 0.474. The van der Waals surface area contributed by atoms with Crippen LogP contribution in [-0.2, 0) is 4.74 Å². The van der Waals surface area contributed by atoms with Crippen LogP contribution in [0.4, 0.5) is 5.13 Å². The van der Waals surface area contributed by atoms with Gasteiger partial charge in [-0.25, -0.2) is 9.97 Å². The third-order valence-electron chi connectivity index (χ3n) is 5.00. The summed E-state index contributed by atoms with van der Waals surface area (Å²) in [6.45, 7) is 3.36. The van der Waals surface area contributed by atoms with E-state index >= 15 is 0 Å². The van der Waals surface area contributed by atoms with Crippen molar-refractivity contribution in [3.8, 4) is 0 Å². The van der Waals surface area contributed by atoms with Crippen molar-refractivity contribution in [3.05, 3.63) is 53.0 Å². The van der Waals surface area contributed by atoms with Gasteiger partial charge >= 0.3 is 0 Å². The molecular formula is C21H19N3O2S2. The van der Waals surface area contributed by atoms with E-state index in [-0.39, 0.29) is 12.0 Å². The zero-order valence-electron chi connectivity index (χ0n) is 15.4. The highest BCUT2D eigenvalue weighted by atomic mass is 32.1. The Balaban J connectivity index is 1.54. The van der Waals surface area contributed by atoms with E-state index in [4.69, 9.17) is 9.72 Å². The topological polar surface area (TPSA) is 55.3 Å². The maximum atomic E-state index is 13.5. The molecule has 1 aliphatic rings. The first-order valence-corrected chi connectivity index (χ1v) is 11.0. The molecule has 5 rings (SSSR count). The summed E-state index contributed by atoms with van der Waals surface area (Å²) < 4.78 is 7.93. The third kappa shape index (κ3) is 3.30. The molecule has 0 N–H and O–H groups in total. The number of nitrogens with zero attached hydrogens (tertiary/aromatic N) is 3. The normalized spacial score (nSPS) is 16.8. The number of benzene rings is 2. The highest BCUT2D eigenvalue weighted by Gasteiger charge is 2.27. The van der Waals surface area contributed by atoms with Crippen molar-refractivity contribution in [2.45, 2.75) is 25.9 Å². The lowest BCUT2D eigenvalue weighted by atomic mass is 10.1. The van der Waals surface area contributed by atoms with E-state index in [1.165, 1.54) is 5.56 Å². The average molecular weight is 410 g/mol. The van der Waals surface area contributed by atoms with Gasteiger partial charge in [-0.2, -0.15) is 0 Å². The fourth-order valence-corrected chi connectivity index (χ4v) is 5.31. The molecule has 142 valence electrons. The smallest absolute Gasteiger partial charge is 0.260 e. The molecule has 1 fully saturated rings. The number of carbonyl (C=O) groups excluding carboxylic acids is 1. The SMILES string of the molecule is Cc1ccc2nc(N(CC3CCCO3)C(=O)c3ccc4ncsc4c3)sc2c1. The lowest BCUT2D eigenvalue weighted by Gasteiger charge is -2.23. The molecule has 1 unspecified atom stereocenters. The van der Waals surface area contributed by atoms with Crippen LogP contribution < -0.4 is 4.90 Å². The molecule has 1 amide bonds. The van der Waals surface area contributed by atoms with Gasteiger partial charge in [0.05, 0.1) is 38.6 Å². The van der Waals surface area contributed by atoms with Crippen LogP contribution in [0.15, 0.2) is 41.9 Å². The zero-order chi connectivity index (χ0) is 19.1. The Bertz CT molecular complexity index is 1160. The second-order valence-corrected chi connectivity index (χ2v) is 8.95. The summed E-state index contributed by atoms with van der Waals surface area (Å²) in [5, 5.41) is 0.727.